The molecule has 1 fully saturated rings. The summed E-state index contributed by atoms with van der Waals surface area (Å²) >= 11 is 0. The number of sulfonamides is 1. The molecule has 2 rings (SSSR count). The minimum Gasteiger partial charge on any atom is -0.325 e. The van der Waals surface area contributed by atoms with Crippen LogP contribution in [0.2, 0.25) is 0 Å². The fraction of sp³-hybridized carbons (Fsp3) is 0.562. The highest BCUT2D eigenvalue weighted by molar-refractivity contribution is 7.89. The number of hydrogen-bond donors (Lipinski definition) is 2. The SMILES string of the molecule is C[C@@H]1C[C@H](C)CN([C@@H](C)C(=O)Nc2ccc(S(N)(=O)=O)cc2)C1. The van der Waals surface area contributed by atoms with Gasteiger partial charge in [0.15, 0.2) is 0 Å². The molecule has 1 saturated heterocycles. The van der Waals surface area contributed by atoms with E-state index in [1.807, 2.05) is 6.92 Å². The van der Waals surface area contributed by atoms with E-state index in [1.54, 1.807) is 12.1 Å². The minimum absolute atomic E-state index is 0.0298. The number of primary sulfonamides is 1. The maximum atomic E-state index is 12.4. The lowest BCUT2D eigenvalue weighted by atomic mass is 9.91. The van der Waals surface area contributed by atoms with E-state index in [0.29, 0.717) is 17.5 Å². The largest absolute Gasteiger partial charge is 0.325 e. The van der Waals surface area contributed by atoms with Crippen LogP contribution in [0.5, 0.6) is 0 Å². The van der Waals surface area contributed by atoms with Crippen LogP contribution in [0.4, 0.5) is 5.69 Å². The van der Waals surface area contributed by atoms with Crippen molar-refractivity contribution in [1.82, 2.24) is 4.90 Å². The Hall–Kier alpha value is -1.44. The number of nitrogens with one attached hydrogen (secondary N) is 1. The number of nitrogens with two attached hydrogens (primary N) is 1. The quantitative estimate of drug-likeness (QED) is 0.872. The van der Waals surface area contributed by atoms with E-state index in [-0.39, 0.29) is 16.8 Å². The summed E-state index contributed by atoms with van der Waals surface area (Å²) in [5, 5.41) is 7.89. The van der Waals surface area contributed by atoms with Crippen molar-refractivity contribution in [2.24, 2.45) is 17.0 Å². The molecular formula is C16H25N3O3S. The van der Waals surface area contributed by atoms with Gasteiger partial charge in [0.25, 0.3) is 0 Å². The van der Waals surface area contributed by atoms with Crippen LogP contribution in [-0.2, 0) is 14.8 Å². The number of likely N-dealkylation sites (tertiary alicyclic amines) is 1. The average Bonchev–Trinajstić information content (AvgIpc) is 2.45. The first kappa shape index (κ1) is 17.9. The summed E-state index contributed by atoms with van der Waals surface area (Å²) < 4.78 is 22.5. The fourth-order valence-electron chi connectivity index (χ4n) is 3.17. The third-order valence-corrected chi connectivity index (χ3v) is 5.20. The van der Waals surface area contributed by atoms with Crippen molar-refractivity contribution in [2.45, 2.75) is 38.1 Å². The van der Waals surface area contributed by atoms with Crippen molar-refractivity contribution >= 4 is 21.6 Å². The zero-order valence-electron chi connectivity index (χ0n) is 13.8. The Labute approximate surface area is 138 Å². The molecule has 0 spiro atoms. The molecule has 3 atom stereocenters. The summed E-state index contributed by atoms with van der Waals surface area (Å²) in [5.41, 5.74) is 0.562. The number of anilines is 1. The molecule has 0 unspecified atom stereocenters. The van der Waals surface area contributed by atoms with E-state index in [4.69, 9.17) is 5.14 Å². The van der Waals surface area contributed by atoms with Crippen LogP contribution < -0.4 is 10.5 Å². The van der Waals surface area contributed by atoms with Gasteiger partial charge in [-0.3, -0.25) is 9.69 Å². The lowest BCUT2D eigenvalue weighted by Gasteiger charge is -2.38. The second-order valence-corrected chi connectivity index (χ2v) is 8.20. The smallest absolute Gasteiger partial charge is 0.241 e. The molecule has 0 aliphatic carbocycles. The molecule has 1 aromatic carbocycles. The molecule has 3 N–H and O–H groups in total. The number of benzene rings is 1. The number of nitrogens with zero attached hydrogens (tertiary/aromatic N) is 1. The molecule has 0 saturated carbocycles. The van der Waals surface area contributed by atoms with Crippen molar-refractivity contribution in [3.63, 3.8) is 0 Å². The Kier molecular flexibility index (Phi) is 5.44. The first-order valence-electron chi connectivity index (χ1n) is 7.84. The molecule has 6 nitrogen and oxygen atoms in total. The Morgan fingerprint density at radius 2 is 1.74 bits per heavy atom. The predicted molar refractivity (Wildman–Crippen MR) is 90.4 cm³/mol. The minimum atomic E-state index is -3.71. The van der Waals surface area contributed by atoms with E-state index in [9.17, 15) is 13.2 Å². The van der Waals surface area contributed by atoms with Gasteiger partial charge in [-0.15, -0.1) is 0 Å². The summed E-state index contributed by atoms with van der Waals surface area (Å²) in [6, 6.07) is 5.65. The molecule has 1 aliphatic rings. The van der Waals surface area contributed by atoms with Gasteiger partial charge < -0.3 is 5.32 Å². The number of piperidine rings is 1. The van der Waals surface area contributed by atoms with Gasteiger partial charge >= 0.3 is 0 Å². The van der Waals surface area contributed by atoms with Gasteiger partial charge in [0.05, 0.1) is 10.9 Å². The number of rotatable bonds is 4. The number of carbonyl (C=O) groups is 1. The number of hydrogen-bond acceptors (Lipinski definition) is 4. The van der Waals surface area contributed by atoms with Gasteiger partial charge in [0.1, 0.15) is 0 Å². The Bertz CT molecular complexity index is 648. The van der Waals surface area contributed by atoms with E-state index < -0.39 is 10.0 Å². The summed E-state index contributed by atoms with van der Waals surface area (Å²) in [6.45, 7) is 8.16. The first-order chi connectivity index (χ1) is 10.7. The summed E-state index contributed by atoms with van der Waals surface area (Å²) in [4.78, 5) is 14.6. The van der Waals surface area contributed by atoms with E-state index >= 15 is 0 Å². The van der Waals surface area contributed by atoms with Crippen molar-refractivity contribution in [3.8, 4) is 0 Å². The average molecular weight is 339 g/mol. The van der Waals surface area contributed by atoms with Crippen molar-refractivity contribution < 1.29 is 13.2 Å². The third kappa shape index (κ3) is 4.76. The zero-order chi connectivity index (χ0) is 17.2. The first-order valence-corrected chi connectivity index (χ1v) is 9.39. The molecule has 0 bridgehead atoms. The van der Waals surface area contributed by atoms with E-state index in [0.717, 1.165) is 13.1 Å². The molecule has 1 heterocycles. The second-order valence-electron chi connectivity index (χ2n) is 6.63. The van der Waals surface area contributed by atoms with Gasteiger partial charge in [-0.25, -0.2) is 13.6 Å². The van der Waals surface area contributed by atoms with Crippen molar-refractivity contribution in [1.29, 1.82) is 0 Å². The Balaban J connectivity index is 2.01. The Morgan fingerprint density at radius 1 is 1.22 bits per heavy atom. The molecule has 7 heteroatoms. The van der Waals surface area contributed by atoms with Gasteiger partial charge in [-0.2, -0.15) is 0 Å². The predicted octanol–water partition coefficient (Wildman–Crippen LogP) is 1.64. The van der Waals surface area contributed by atoms with Crippen LogP contribution in [0.1, 0.15) is 27.2 Å². The highest BCUT2D eigenvalue weighted by Gasteiger charge is 2.28. The van der Waals surface area contributed by atoms with Gasteiger partial charge in [-0.1, -0.05) is 13.8 Å². The van der Waals surface area contributed by atoms with E-state index in [1.165, 1.54) is 18.6 Å². The van der Waals surface area contributed by atoms with E-state index in [2.05, 4.69) is 24.1 Å². The Morgan fingerprint density at radius 3 is 2.22 bits per heavy atom. The number of amides is 1. The number of carbonyl (C=O) groups excluding carboxylic acids is 1. The topological polar surface area (TPSA) is 92.5 Å². The van der Waals surface area contributed by atoms with Crippen LogP contribution in [0, 0.1) is 11.8 Å². The fourth-order valence-corrected chi connectivity index (χ4v) is 3.68. The van der Waals surface area contributed by atoms with Crippen LogP contribution in [0.15, 0.2) is 29.2 Å². The van der Waals surface area contributed by atoms with Crippen molar-refractivity contribution in [3.05, 3.63) is 24.3 Å². The van der Waals surface area contributed by atoms with Crippen molar-refractivity contribution in [2.75, 3.05) is 18.4 Å². The van der Waals surface area contributed by atoms with Crippen LogP contribution in [-0.4, -0.2) is 38.4 Å². The maximum absolute atomic E-state index is 12.4. The monoisotopic (exact) mass is 339 g/mol. The molecule has 1 amide bonds. The highest BCUT2D eigenvalue weighted by Crippen LogP contribution is 2.23. The highest BCUT2D eigenvalue weighted by atomic mass is 32.2. The summed E-state index contributed by atoms with van der Waals surface area (Å²) in [6.07, 6.45) is 1.19. The van der Waals surface area contributed by atoms with Crippen LogP contribution in [0.25, 0.3) is 0 Å². The summed E-state index contributed by atoms with van der Waals surface area (Å²) in [5.74, 6) is 1.08. The molecule has 23 heavy (non-hydrogen) atoms. The lowest BCUT2D eigenvalue weighted by molar-refractivity contribution is -0.121. The van der Waals surface area contributed by atoms with Gasteiger partial charge in [0, 0.05) is 18.8 Å². The maximum Gasteiger partial charge on any atom is 0.241 e. The molecule has 0 radical (unpaired) electrons. The van der Waals surface area contributed by atoms with Gasteiger partial charge in [0.2, 0.25) is 15.9 Å². The van der Waals surface area contributed by atoms with Crippen LogP contribution in [0.3, 0.4) is 0 Å². The third-order valence-electron chi connectivity index (χ3n) is 4.27. The lowest BCUT2D eigenvalue weighted by Crippen LogP contribution is -2.48. The molecule has 1 aromatic rings. The molecular weight excluding hydrogens is 314 g/mol. The normalized spacial score (nSPS) is 24.2. The van der Waals surface area contributed by atoms with Crippen LogP contribution >= 0.6 is 0 Å². The second kappa shape index (κ2) is 6.98. The standard InChI is InChI=1S/C16H25N3O3S/c1-11-8-12(2)10-19(9-11)13(3)16(20)18-14-4-6-15(7-5-14)23(17,21)22/h4-7,11-13H,8-10H2,1-3H3,(H,18,20)(H2,17,21,22)/t11-,12+,13-/m0/s1. The zero-order valence-corrected chi connectivity index (χ0v) is 14.6. The summed E-state index contributed by atoms with van der Waals surface area (Å²) in [7, 11) is -3.71. The molecule has 128 valence electrons. The molecule has 1 aliphatic heterocycles. The molecule has 0 aromatic heterocycles. The van der Waals surface area contributed by atoms with Gasteiger partial charge in [-0.05, 0) is 49.4 Å².